The summed E-state index contributed by atoms with van der Waals surface area (Å²) in [7, 11) is 0.500. The molecule has 2 heterocycles. The van der Waals surface area contributed by atoms with Crippen molar-refractivity contribution in [3.8, 4) is 0 Å². The quantitative estimate of drug-likeness (QED) is 0.348. The summed E-state index contributed by atoms with van der Waals surface area (Å²) in [5, 5.41) is 3.48. The molecular formula is C18H37IN4O3S. The molecule has 2 aliphatic rings. The molecule has 2 fully saturated rings. The summed E-state index contributed by atoms with van der Waals surface area (Å²) in [6, 6.07) is 0. The van der Waals surface area contributed by atoms with Gasteiger partial charge in [0.05, 0.1) is 16.6 Å². The predicted octanol–water partition coefficient (Wildman–Crippen LogP) is 1.58. The van der Waals surface area contributed by atoms with Crippen molar-refractivity contribution in [1.29, 1.82) is 0 Å². The predicted molar refractivity (Wildman–Crippen MR) is 122 cm³/mol. The van der Waals surface area contributed by atoms with Crippen molar-refractivity contribution in [3.05, 3.63) is 0 Å². The molecule has 1 N–H and O–H groups in total. The first kappa shape index (κ1) is 24.9. The largest absolute Gasteiger partial charge is 0.381 e. The third kappa shape index (κ3) is 5.93. The van der Waals surface area contributed by atoms with Crippen molar-refractivity contribution in [2.75, 3.05) is 52.6 Å². The van der Waals surface area contributed by atoms with Crippen LogP contribution in [0.5, 0.6) is 0 Å². The molecule has 0 radical (unpaired) electrons. The van der Waals surface area contributed by atoms with Crippen LogP contribution in [-0.4, -0.2) is 93.2 Å². The van der Waals surface area contributed by atoms with Crippen molar-refractivity contribution in [2.24, 2.45) is 4.99 Å². The molecule has 0 saturated carbocycles. The van der Waals surface area contributed by atoms with E-state index in [9.17, 15) is 8.42 Å². The fourth-order valence-corrected chi connectivity index (χ4v) is 5.13. The smallest absolute Gasteiger partial charge is 0.193 e. The van der Waals surface area contributed by atoms with Crippen molar-refractivity contribution >= 4 is 39.8 Å². The minimum Gasteiger partial charge on any atom is -0.381 e. The van der Waals surface area contributed by atoms with Gasteiger partial charge in [0.25, 0.3) is 0 Å². The summed E-state index contributed by atoms with van der Waals surface area (Å²) >= 11 is 0. The van der Waals surface area contributed by atoms with Crippen LogP contribution in [0.2, 0.25) is 0 Å². The molecule has 0 aromatic heterocycles. The van der Waals surface area contributed by atoms with Crippen LogP contribution >= 0.6 is 24.0 Å². The molecule has 0 atom stereocenters. The van der Waals surface area contributed by atoms with Gasteiger partial charge >= 0.3 is 0 Å². The normalized spacial score (nSPS) is 24.4. The fraction of sp³-hybridized carbons (Fsp3) is 0.944. The number of nitrogens with zero attached hydrogens (tertiary/aromatic N) is 3. The molecule has 0 unspecified atom stereocenters. The SMILES string of the molecule is CN=C(NCC(C)(C)N1CCC(OC)CC1)N1CCS(=O)(=O)C(C)(C)C1.I. The third-order valence-corrected chi connectivity index (χ3v) is 8.40. The number of hydrogen-bond donors (Lipinski definition) is 1. The molecule has 0 aromatic carbocycles. The van der Waals surface area contributed by atoms with Crippen molar-refractivity contribution in [1.82, 2.24) is 15.1 Å². The molecule has 0 bridgehead atoms. The Kier molecular flexibility index (Phi) is 8.84. The molecule has 9 heteroatoms. The minimum absolute atomic E-state index is 0. The van der Waals surface area contributed by atoms with E-state index in [0.717, 1.165) is 38.4 Å². The van der Waals surface area contributed by atoms with E-state index in [4.69, 9.17) is 4.74 Å². The zero-order valence-electron chi connectivity index (χ0n) is 17.6. The van der Waals surface area contributed by atoms with Crippen molar-refractivity contribution in [2.45, 2.75) is 56.9 Å². The van der Waals surface area contributed by atoms with Crippen LogP contribution in [0.1, 0.15) is 40.5 Å². The topological polar surface area (TPSA) is 74.2 Å². The van der Waals surface area contributed by atoms with Crippen LogP contribution in [0.3, 0.4) is 0 Å². The molecule has 0 aromatic rings. The number of nitrogens with one attached hydrogen (secondary N) is 1. The highest BCUT2D eigenvalue weighted by Gasteiger charge is 2.41. The van der Waals surface area contributed by atoms with Gasteiger partial charge in [-0.1, -0.05) is 0 Å². The Morgan fingerprint density at radius 1 is 1.26 bits per heavy atom. The van der Waals surface area contributed by atoms with Gasteiger partial charge < -0.3 is 15.0 Å². The van der Waals surface area contributed by atoms with Crippen LogP contribution in [0.15, 0.2) is 4.99 Å². The van der Waals surface area contributed by atoms with Crippen molar-refractivity contribution in [3.63, 3.8) is 0 Å². The van der Waals surface area contributed by atoms with E-state index in [2.05, 4.69) is 34.0 Å². The summed E-state index contributed by atoms with van der Waals surface area (Å²) in [5.74, 6) is 0.960. The van der Waals surface area contributed by atoms with Gasteiger partial charge in [-0.3, -0.25) is 9.89 Å². The first-order valence-electron chi connectivity index (χ1n) is 9.48. The molecule has 2 aliphatic heterocycles. The Morgan fingerprint density at radius 2 is 1.85 bits per heavy atom. The van der Waals surface area contributed by atoms with Crippen LogP contribution in [0.25, 0.3) is 0 Å². The third-order valence-electron chi connectivity index (χ3n) is 5.87. The number of aliphatic imine (C=N–C) groups is 1. The van der Waals surface area contributed by atoms with Crippen LogP contribution in [-0.2, 0) is 14.6 Å². The Hall–Kier alpha value is -0.130. The first-order chi connectivity index (χ1) is 12.0. The average Bonchev–Trinajstić information content (AvgIpc) is 2.58. The lowest BCUT2D eigenvalue weighted by atomic mass is 9.97. The Labute approximate surface area is 182 Å². The molecule has 27 heavy (non-hydrogen) atoms. The zero-order valence-corrected chi connectivity index (χ0v) is 20.8. The Bertz CT molecular complexity index is 614. The monoisotopic (exact) mass is 516 g/mol. The standard InChI is InChI=1S/C18H36N4O3S.HI/c1-17(2,22-9-7-15(25-6)8-10-22)13-20-16(19-5)21-11-12-26(23,24)18(3,4)14-21;/h15H,7-14H2,1-6H3,(H,19,20);1H. The summed E-state index contributed by atoms with van der Waals surface area (Å²) in [6.45, 7) is 11.9. The first-order valence-corrected chi connectivity index (χ1v) is 11.1. The number of sulfone groups is 1. The van der Waals surface area contributed by atoms with Gasteiger partial charge in [0.1, 0.15) is 0 Å². The molecule has 7 nitrogen and oxygen atoms in total. The fourth-order valence-electron chi connectivity index (χ4n) is 3.76. The van der Waals surface area contributed by atoms with E-state index >= 15 is 0 Å². The van der Waals surface area contributed by atoms with E-state index < -0.39 is 14.6 Å². The van der Waals surface area contributed by atoms with Gasteiger partial charge in [-0.05, 0) is 40.5 Å². The molecule has 0 aliphatic carbocycles. The van der Waals surface area contributed by atoms with E-state index in [0.29, 0.717) is 19.2 Å². The number of ether oxygens (including phenoxy) is 1. The maximum absolute atomic E-state index is 12.2. The van der Waals surface area contributed by atoms with Crippen LogP contribution in [0, 0.1) is 0 Å². The molecule has 0 spiro atoms. The second-order valence-corrected chi connectivity index (χ2v) is 11.4. The maximum atomic E-state index is 12.2. The van der Waals surface area contributed by atoms with E-state index in [-0.39, 0.29) is 35.3 Å². The lowest BCUT2D eigenvalue weighted by Gasteiger charge is -2.44. The highest BCUT2D eigenvalue weighted by molar-refractivity contribution is 14.0. The van der Waals surface area contributed by atoms with E-state index in [1.165, 1.54) is 0 Å². The number of likely N-dealkylation sites (tertiary alicyclic amines) is 1. The molecule has 2 rings (SSSR count). The minimum atomic E-state index is -3.05. The summed E-state index contributed by atoms with van der Waals surface area (Å²) in [5.41, 5.74) is -0.00790. The molecule has 2 saturated heterocycles. The number of guanidine groups is 1. The van der Waals surface area contributed by atoms with Gasteiger partial charge in [-0.25, -0.2) is 8.42 Å². The second-order valence-electron chi connectivity index (χ2n) is 8.64. The Balaban J connectivity index is 0.00000364. The highest BCUT2D eigenvalue weighted by Crippen LogP contribution is 2.24. The molecule has 160 valence electrons. The number of piperidine rings is 1. The number of rotatable bonds is 4. The lowest BCUT2D eigenvalue weighted by molar-refractivity contribution is 0.00764. The average molecular weight is 516 g/mol. The van der Waals surface area contributed by atoms with Crippen molar-refractivity contribution < 1.29 is 13.2 Å². The maximum Gasteiger partial charge on any atom is 0.193 e. The molecule has 0 amide bonds. The Morgan fingerprint density at radius 3 is 2.33 bits per heavy atom. The summed E-state index contributed by atoms with van der Waals surface area (Å²) in [6.07, 6.45) is 2.50. The van der Waals surface area contributed by atoms with Gasteiger partial charge in [0, 0.05) is 52.4 Å². The van der Waals surface area contributed by atoms with Gasteiger partial charge in [0.15, 0.2) is 15.8 Å². The summed E-state index contributed by atoms with van der Waals surface area (Å²) < 4.78 is 29.2. The number of methoxy groups -OCH3 is 1. The summed E-state index contributed by atoms with van der Waals surface area (Å²) in [4.78, 5) is 8.95. The zero-order chi connectivity index (χ0) is 19.6. The second kappa shape index (κ2) is 9.58. The van der Waals surface area contributed by atoms with E-state index in [1.54, 1.807) is 28.0 Å². The van der Waals surface area contributed by atoms with Gasteiger partial charge in [-0.2, -0.15) is 0 Å². The highest BCUT2D eigenvalue weighted by atomic mass is 127. The van der Waals surface area contributed by atoms with Gasteiger partial charge in [-0.15, -0.1) is 24.0 Å². The number of hydrogen-bond acceptors (Lipinski definition) is 5. The number of halogens is 1. The van der Waals surface area contributed by atoms with Gasteiger partial charge in [0.2, 0.25) is 0 Å². The van der Waals surface area contributed by atoms with Crippen LogP contribution in [0.4, 0.5) is 0 Å². The lowest BCUT2D eigenvalue weighted by Crippen LogP contribution is -2.60. The van der Waals surface area contributed by atoms with Crippen LogP contribution < -0.4 is 5.32 Å². The molecular weight excluding hydrogens is 479 g/mol. The van der Waals surface area contributed by atoms with E-state index in [1.807, 2.05) is 0 Å².